The van der Waals surface area contributed by atoms with Gasteiger partial charge >= 0.3 is 5.97 Å². The van der Waals surface area contributed by atoms with Crippen LogP contribution in [0.25, 0.3) is 0 Å². The molecule has 0 bridgehead atoms. The fourth-order valence-corrected chi connectivity index (χ4v) is 3.04. The molecule has 23 heavy (non-hydrogen) atoms. The van der Waals surface area contributed by atoms with Crippen LogP contribution in [-0.4, -0.2) is 38.1 Å². The lowest BCUT2D eigenvalue weighted by atomic mass is 9.97. The number of likely N-dealkylation sites (tertiary alicyclic amines) is 1. The predicted octanol–water partition coefficient (Wildman–Crippen LogP) is 1.53. The van der Waals surface area contributed by atoms with E-state index in [0.717, 1.165) is 38.2 Å². The number of benzene rings is 1. The van der Waals surface area contributed by atoms with Crippen LogP contribution in [0, 0.1) is 5.92 Å². The van der Waals surface area contributed by atoms with Crippen LogP contribution >= 0.6 is 11.6 Å². The number of quaternary nitrogens is 1. The molecule has 5 nitrogen and oxygen atoms in total. The second kappa shape index (κ2) is 8.89. The fourth-order valence-electron chi connectivity index (χ4n) is 2.85. The number of nitrogens with one attached hydrogen (secondary N) is 2. The summed E-state index contributed by atoms with van der Waals surface area (Å²) in [6.45, 7) is 4.87. The smallest absolute Gasteiger partial charge is 0.309 e. The maximum Gasteiger partial charge on any atom is 0.309 e. The Bertz CT molecular complexity index is 542. The monoisotopic (exact) mass is 339 g/mol. The van der Waals surface area contributed by atoms with Crippen molar-refractivity contribution in [3.8, 4) is 0 Å². The summed E-state index contributed by atoms with van der Waals surface area (Å²) in [6.07, 6.45) is 2.14. The first-order valence-electron chi connectivity index (χ1n) is 8.14. The summed E-state index contributed by atoms with van der Waals surface area (Å²) in [7, 11) is 0. The molecule has 1 aliphatic heterocycles. The molecule has 0 aromatic heterocycles. The van der Waals surface area contributed by atoms with Crippen LogP contribution in [0.15, 0.2) is 24.3 Å². The Labute approximate surface area is 141 Å². The number of hydrogen-bond acceptors (Lipinski definition) is 3. The quantitative estimate of drug-likeness (QED) is 0.773. The molecule has 1 aromatic rings. The first-order chi connectivity index (χ1) is 11.1. The lowest BCUT2D eigenvalue weighted by molar-refractivity contribution is -0.905. The van der Waals surface area contributed by atoms with Gasteiger partial charge in [0.05, 0.1) is 38.6 Å². The molecule has 1 fully saturated rings. The van der Waals surface area contributed by atoms with Gasteiger partial charge in [-0.15, -0.1) is 0 Å². The molecule has 1 aromatic carbocycles. The fraction of sp³-hybridized carbons (Fsp3) is 0.529. The molecule has 0 radical (unpaired) electrons. The van der Waals surface area contributed by atoms with Crippen molar-refractivity contribution in [1.29, 1.82) is 0 Å². The number of piperidine rings is 1. The average molecular weight is 340 g/mol. The van der Waals surface area contributed by atoms with Gasteiger partial charge in [0.25, 0.3) is 0 Å². The van der Waals surface area contributed by atoms with Gasteiger partial charge in [-0.25, -0.2) is 0 Å². The van der Waals surface area contributed by atoms with Crippen molar-refractivity contribution in [3.63, 3.8) is 0 Å². The van der Waals surface area contributed by atoms with E-state index in [1.807, 2.05) is 19.1 Å². The van der Waals surface area contributed by atoms with Gasteiger partial charge in [0.2, 0.25) is 5.91 Å². The third kappa shape index (κ3) is 5.84. The van der Waals surface area contributed by atoms with Gasteiger partial charge < -0.3 is 15.0 Å². The molecular weight excluding hydrogens is 316 g/mol. The third-order valence-electron chi connectivity index (χ3n) is 4.13. The van der Waals surface area contributed by atoms with E-state index >= 15 is 0 Å². The van der Waals surface area contributed by atoms with Crippen LogP contribution in [-0.2, 0) is 14.3 Å². The SMILES string of the molecule is CCOC(=O)C1CC[NH+](CCC(=O)Nc2cccc(Cl)c2)CC1. The molecule has 126 valence electrons. The number of carbonyl (C=O) groups is 2. The van der Waals surface area contributed by atoms with Gasteiger partial charge in [0.15, 0.2) is 0 Å². The second-order valence-electron chi connectivity index (χ2n) is 5.83. The number of anilines is 1. The van der Waals surface area contributed by atoms with Crippen LogP contribution in [0.5, 0.6) is 0 Å². The van der Waals surface area contributed by atoms with E-state index in [0.29, 0.717) is 18.1 Å². The topological polar surface area (TPSA) is 59.8 Å². The first-order valence-corrected chi connectivity index (χ1v) is 8.52. The molecule has 1 saturated heterocycles. The molecule has 2 N–H and O–H groups in total. The van der Waals surface area contributed by atoms with Crippen molar-refractivity contribution in [1.82, 2.24) is 0 Å². The second-order valence-corrected chi connectivity index (χ2v) is 6.27. The molecule has 0 spiro atoms. The Morgan fingerprint density at radius 2 is 2.09 bits per heavy atom. The van der Waals surface area contributed by atoms with Crippen LogP contribution < -0.4 is 10.2 Å². The van der Waals surface area contributed by atoms with Gasteiger partial charge in [-0.1, -0.05) is 17.7 Å². The third-order valence-corrected chi connectivity index (χ3v) is 4.36. The minimum absolute atomic E-state index is 0.00715. The molecular formula is C17H24ClN2O3+. The summed E-state index contributed by atoms with van der Waals surface area (Å²) in [6, 6.07) is 7.14. The Balaban J connectivity index is 1.69. The van der Waals surface area contributed by atoms with Gasteiger partial charge in [0, 0.05) is 23.6 Å². The molecule has 1 amide bonds. The molecule has 0 aliphatic carbocycles. The molecule has 0 saturated carbocycles. The standard InChI is InChI=1S/C17H23ClN2O3/c1-2-23-17(22)13-6-9-20(10-7-13)11-8-16(21)19-15-5-3-4-14(18)12-15/h3-5,12-13H,2,6-11H2,1H3,(H,19,21)/p+1. The highest BCUT2D eigenvalue weighted by molar-refractivity contribution is 6.30. The van der Waals surface area contributed by atoms with Gasteiger partial charge in [-0.3, -0.25) is 9.59 Å². The van der Waals surface area contributed by atoms with Crippen LogP contribution in [0.3, 0.4) is 0 Å². The lowest BCUT2D eigenvalue weighted by Crippen LogP contribution is -3.13. The molecule has 0 atom stereocenters. The van der Waals surface area contributed by atoms with E-state index in [1.165, 1.54) is 4.90 Å². The van der Waals surface area contributed by atoms with E-state index in [2.05, 4.69) is 5.32 Å². The van der Waals surface area contributed by atoms with Crippen molar-refractivity contribution in [2.75, 3.05) is 31.6 Å². The number of halogens is 1. The van der Waals surface area contributed by atoms with Crippen LogP contribution in [0.2, 0.25) is 5.02 Å². The van der Waals surface area contributed by atoms with Gasteiger partial charge in [0.1, 0.15) is 0 Å². The van der Waals surface area contributed by atoms with Crippen LogP contribution in [0.4, 0.5) is 5.69 Å². The number of rotatable bonds is 6. The summed E-state index contributed by atoms with van der Waals surface area (Å²) >= 11 is 5.90. The molecule has 2 rings (SSSR count). The highest BCUT2D eigenvalue weighted by atomic mass is 35.5. The summed E-state index contributed by atoms with van der Waals surface area (Å²) in [4.78, 5) is 25.0. The van der Waals surface area contributed by atoms with E-state index in [9.17, 15) is 9.59 Å². The Morgan fingerprint density at radius 1 is 1.35 bits per heavy atom. The maximum atomic E-state index is 12.0. The van der Waals surface area contributed by atoms with Crippen molar-refractivity contribution < 1.29 is 19.2 Å². The van der Waals surface area contributed by atoms with Crippen molar-refractivity contribution >= 4 is 29.2 Å². The van der Waals surface area contributed by atoms with Gasteiger partial charge in [-0.05, 0) is 25.1 Å². The number of ether oxygens (including phenoxy) is 1. The normalized spacial score (nSPS) is 20.8. The zero-order valence-electron chi connectivity index (χ0n) is 13.4. The van der Waals surface area contributed by atoms with E-state index in [-0.39, 0.29) is 17.8 Å². The largest absolute Gasteiger partial charge is 0.466 e. The molecule has 1 heterocycles. The van der Waals surface area contributed by atoms with Crippen LogP contribution in [0.1, 0.15) is 26.2 Å². The average Bonchev–Trinajstić information content (AvgIpc) is 2.54. The maximum absolute atomic E-state index is 12.0. The zero-order chi connectivity index (χ0) is 16.7. The zero-order valence-corrected chi connectivity index (χ0v) is 14.2. The van der Waals surface area contributed by atoms with E-state index in [1.54, 1.807) is 12.1 Å². The van der Waals surface area contributed by atoms with Gasteiger partial charge in [-0.2, -0.15) is 0 Å². The minimum atomic E-state index is -0.0785. The van der Waals surface area contributed by atoms with E-state index in [4.69, 9.17) is 16.3 Å². The Morgan fingerprint density at radius 3 is 2.74 bits per heavy atom. The molecule has 6 heteroatoms. The first kappa shape index (κ1) is 17.8. The number of amides is 1. The minimum Gasteiger partial charge on any atom is -0.466 e. The van der Waals surface area contributed by atoms with Crippen molar-refractivity contribution in [2.45, 2.75) is 26.2 Å². The summed E-state index contributed by atoms with van der Waals surface area (Å²) in [5, 5.41) is 3.46. The lowest BCUT2D eigenvalue weighted by Gasteiger charge is -2.27. The van der Waals surface area contributed by atoms with Crippen molar-refractivity contribution in [3.05, 3.63) is 29.3 Å². The predicted molar refractivity (Wildman–Crippen MR) is 89.6 cm³/mol. The Kier molecular flexibility index (Phi) is 6.86. The highest BCUT2D eigenvalue weighted by Gasteiger charge is 2.28. The number of esters is 1. The highest BCUT2D eigenvalue weighted by Crippen LogP contribution is 2.15. The molecule has 0 unspecified atom stereocenters. The van der Waals surface area contributed by atoms with Crippen molar-refractivity contribution in [2.24, 2.45) is 5.92 Å². The number of carbonyl (C=O) groups excluding carboxylic acids is 2. The summed E-state index contributed by atoms with van der Waals surface area (Å²) in [5.41, 5.74) is 0.721. The Hall–Kier alpha value is -1.59. The summed E-state index contributed by atoms with van der Waals surface area (Å²) < 4.78 is 5.07. The van der Waals surface area contributed by atoms with E-state index < -0.39 is 0 Å². The number of hydrogen-bond donors (Lipinski definition) is 2. The summed E-state index contributed by atoms with van der Waals surface area (Å²) in [5.74, 6) is -0.0588. The molecule has 1 aliphatic rings.